The normalized spacial score (nSPS) is 12.1. The smallest absolute Gasteiger partial charge is 0.196 e. The van der Waals surface area contributed by atoms with Crippen molar-refractivity contribution in [1.29, 1.82) is 0 Å². The van der Waals surface area contributed by atoms with Crippen molar-refractivity contribution < 1.29 is 9.53 Å². The molecule has 0 saturated carbocycles. The fraction of sp³-hybridized carbons (Fsp3) is 0.278. The number of Topliss-reactive ketones (excluding diaryl/α,β-unsaturated/α-hetero) is 1. The molecule has 0 saturated heterocycles. The van der Waals surface area contributed by atoms with Gasteiger partial charge in [0.2, 0.25) is 0 Å². The van der Waals surface area contributed by atoms with Gasteiger partial charge in [-0.3, -0.25) is 4.79 Å². The number of aryl methyl sites for hydroxylation is 1. The fourth-order valence-electron chi connectivity index (χ4n) is 2.33. The van der Waals surface area contributed by atoms with Crippen LogP contribution in [0.5, 0.6) is 0 Å². The summed E-state index contributed by atoms with van der Waals surface area (Å²) in [6, 6.07) is 17.4. The summed E-state index contributed by atoms with van der Waals surface area (Å²) in [5.74, 6) is 0.0375. The average Bonchev–Trinajstić information content (AvgIpc) is 2.52. The highest BCUT2D eigenvalue weighted by molar-refractivity contribution is 6.01. The minimum Gasteiger partial charge on any atom is -0.366 e. The minimum atomic E-state index is -0.520. The quantitative estimate of drug-likeness (QED) is 0.734. The Balaban J connectivity index is 2.37. The van der Waals surface area contributed by atoms with Crippen molar-refractivity contribution in [3.8, 4) is 0 Å². The highest BCUT2D eigenvalue weighted by atomic mass is 16.5. The van der Waals surface area contributed by atoms with Crippen molar-refractivity contribution in [2.75, 3.05) is 6.61 Å². The molecule has 2 aromatic rings. The second kappa shape index (κ2) is 7.01. The lowest BCUT2D eigenvalue weighted by atomic mass is 9.95. The third-order valence-electron chi connectivity index (χ3n) is 3.34. The molecule has 2 aromatic carbocycles. The van der Waals surface area contributed by atoms with Gasteiger partial charge < -0.3 is 4.74 Å². The van der Waals surface area contributed by atoms with Gasteiger partial charge in [-0.2, -0.15) is 0 Å². The van der Waals surface area contributed by atoms with Crippen molar-refractivity contribution in [1.82, 2.24) is 0 Å². The molecule has 1 unspecified atom stereocenters. The molecule has 0 aromatic heterocycles. The Morgan fingerprint density at radius 3 is 2.30 bits per heavy atom. The summed E-state index contributed by atoms with van der Waals surface area (Å²) in [7, 11) is 0. The Morgan fingerprint density at radius 1 is 1.00 bits per heavy atom. The van der Waals surface area contributed by atoms with Crippen molar-refractivity contribution in [2.45, 2.75) is 26.4 Å². The van der Waals surface area contributed by atoms with E-state index in [0.717, 1.165) is 23.1 Å². The van der Waals surface area contributed by atoms with E-state index in [1.807, 2.05) is 61.5 Å². The van der Waals surface area contributed by atoms with Crippen LogP contribution in [-0.2, 0) is 11.2 Å². The van der Waals surface area contributed by atoms with E-state index < -0.39 is 6.10 Å². The summed E-state index contributed by atoms with van der Waals surface area (Å²) < 4.78 is 5.69. The molecule has 2 heteroatoms. The molecule has 1 atom stereocenters. The van der Waals surface area contributed by atoms with Crippen LogP contribution in [0.4, 0.5) is 0 Å². The Labute approximate surface area is 120 Å². The van der Waals surface area contributed by atoms with E-state index in [-0.39, 0.29) is 5.78 Å². The van der Waals surface area contributed by atoms with Gasteiger partial charge in [0.25, 0.3) is 0 Å². The zero-order chi connectivity index (χ0) is 14.4. The molecule has 0 aliphatic heterocycles. The maximum atomic E-state index is 12.8. The van der Waals surface area contributed by atoms with Crippen LogP contribution < -0.4 is 0 Å². The summed E-state index contributed by atoms with van der Waals surface area (Å²) in [6.07, 6.45) is 0.323. The van der Waals surface area contributed by atoms with Crippen LogP contribution in [0.3, 0.4) is 0 Å². The van der Waals surface area contributed by atoms with E-state index in [0.29, 0.717) is 6.61 Å². The van der Waals surface area contributed by atoms with Gasteiger partial charge >= 0.3 is 0 Å². The van der Waals surface area contributed by atoms with Crippen molar-refractivity contribution in [3.63, 3.8) is 0 Å². The summed E-state index contributed by atoms with van der Waals surface area (Å²) in [5, 5.41) is 0. The van der Waals surface area contributed by atoms with Gasteiger partial charge in [0.15, 0.2) is 5.78 Å². The fourth-order valence-corrected chi connectivity index (χ4v) is 2.33. The Morgan fingerprint density at radius 2 is 1.65 bits per heavy atom. The van der Waals surface area contributed by atoms with Gasteiger partial charge in [-0.25, -0.2) is 0 Å². The number of carbonyl (C=O) groups is 1. The third kappa shape index (κ3) is 3.14. The molecule has 2 rings (SSSR count). The summed E-state index contributed by atoms with van der Waals surface area (Å²) in [5.41, 5.74) is 2.74. The molecule has 2 nitrogen and oxygen atoms in total. The number of hydrogen-bond acceptors (Lipinski definition) is 2. The van der Waals surface area contributed by atoms with Crippen molar-refractivity contribution in [3.05, 3.63) is 71.3 Å². The summed E-state index contributed by atoms with van der Waals surface area (Å²) in [4.78, 5) is 12.8. The molecular formula is C18H20O2. The summed E-state index contributed by atoms with van der Waals surface area (Å²) >= 11 is 0. The average molecular weight is 268 g/mol. The van der Waals surface area contributed by atoms with E-state index in [4.69, 9.17) is 4.74 Å². The van der Waals surface area contributed by atoms with Crippen LogP contribution >= 0.6 is 0 Å². The maximum absolute atomic E-state index is 12.8. The predicted octanol–water partition coefficient (Wildman–Crippen LogP) is 4.21. The van der Waals surface area contributed by atoms with E-state index in [1.165, 1.54) is 0 Å². The summed E-state index contributed by atoms with van der Waals surface area (Å²) in [6.45, 7) is 4.48. The standard InChI is InChI=1S/C18H20O2/c1-3-14-10-8-9-13-16(14)17(19)18(20-4-2)15-11-6-5-7-12-15/h5-13,18H,3-4H2,1-2H3. The van der Waals surface area contributed by atoms with Gasteiger partial charge in [-0.05, 0) is 24.5 Å². The first-order valence-electron chi connectivity index (χ1n) is 7.06. The largest absolute Gasteiger partial charge is 0.366 e. The monoisotopic (exact) mass is 268 g/mol. The lowest BCUT2D eigenvalue weighted by Crippen LogP contribution is -2.18. The number of rotatable bonds is 6. The van der Waals surface area contributed by atoms with Crippen molar-refractivity contribution >= 4 is 5.78 Å². The first kappa shape index (κ1) is 14.5. The Kier molecular flexibility index (Phi) is 5.08. The van der Waals surface area contributed by atoms with Gasteiger partial charge in [0.1, 0.15) is 6.10 Å². The lowest BCUT2D eigenvalue weighted by molar-refractivity contribution is 0.0451. The SMILES string of the molecule is CCOC(C(=O)c1ccccc1CC)c1ccccc1. The predicted molar refractivity (Wildman–Crippen MR) is 81.0 cm³/mol. The first-order valence-corrected chi connectivity index (χ1v) is 7.06. The lowest BCUT2D eigenvalue weighted by Gasteiger charge is -2.18. The van der Waals surface area contributed by atoms with Crippen LogP contribution in [-0.4, -0.2) is 12.4 Å². The highest BCUT2D eigenvalue weighted by Gasteiger charge is 2.23. The van der Waals surface area contributed by atoms with Crippen molar-refractivity contribution in [2.24, 2.45) is 0 Å². The van der Waals surface area contributed by atoms with Gasteiger partial charge in [0, 0.05) is 12.2 Å². The maximum Gasteiger partial charge on any atom is 0.196 e. The van der Waals surface area contributed by atoms with E-state index in [9.17, 15) is 4.79 Å². The highest BCUT2D eigenvalue weighted by Crippen LogP contribution is 2.24. The molecule has 20 heavy (non-hydrogen) atoms. The number of ketones is 1. The van der Waals surface area contributed by atoms with Crippen LogP contribution in [0.2, 0.25) is 0 Å². The molecule has 0 bridgehead atoms. The topological polar surface area (TPSA) is 26.3 Å². The molecule has 0 spiro atoms. The number of benzene rings is 2. The number of carbonyl (C=O) groups excluding carboxylic acids is 1. The molecule has 0 heterocycles. The molecular weight excluding hydrogens is 248 g/mol. The number of hydrogen-bond donors (Lipinski definition) is 0. The van der Waals surface area contributed by atoms with Crippen LogP contribution in [0, 0.1) is 0 Å². The number of ether oxygens (including phenoxy) is 1. The van der Waals surface area contributed by atoms with Gasteiger partial charge in [0.05, 0.1) is 0 Å². The molecule has 0 fully saturated rings. The van der Waals surface area contributed by atoms with E-state index >= 15 is 0 Å². The molecule has 0 amide bonds. The molecule has 0 radical (unpaired) electrons. The van der Waals surface area contributed by atoms with Gasteiger partial charge in [-0.15, -0.1) is 0 Å². The second-order valence-electron chi connectivity index (χ2n) is 4.62. The minimum absolute atomic E-state index is 0.0375. The zero-order valence-corrected chi connectivity index (χ0v) is 12.0. The Hall–Kier alpha value is -1.93. The first-order chi connectivity index (χ1) is 9.77. The van der Waals surface area contributed by atoms with Crippen LogP contribution in [0.15, 0.2) is 54.6 Å². The molecule has 0 N–H and O–H groups in total. The van der Waals surface area contributed by atoms with Crippen LogP contribution in [0.25, 0.3) is 0 Å². The molecule has 104 valence electrons. The zero-order valence-electron chi connectivity index (χ0n) is 12.0. The van der Waals surface area contributed by atoms with Crippen LogP contribution in [0.1, 0.15) is 41.4 Å². The molecule has 0 aliphatic rings. The third-order valence-corrected chi connectivity index (χ3v) is 3.34. The molecule has 0 aliphatic carbocycles. The second-order valence-corrected chi connectivity index (χ2v) is 4.62. The van der Waals surface area contributed by atoms with E-state index in [2.05, 4.69) is 6.92 Å². The van der Waals surface area contributed by atoms with E-state index in [1.54, 1.807) is 0 Å². The Bertz CT molecular complexity index is 561. The van der Waals surface area contributed by atoms with Gasteiger partial charge in [-0.1, -0.05) is 61.5 Å².